The van der Waals surface area contributed by atoms with Gasteiger partial charge in [-0.2, -0.15) is 0 Å². The van der Waals surface area contributed by atoms with Crippen LogP contribution in [0.4, 0.5) is 5.69 Å². The molecule has 2 rings (SSSR count). The van der Waals surface area contributed by atoms with Gasteiger partial charge in [0.25, 0.3) is 5.91 Å². The largest absolute Gasteiger partial charge is 0.495 e. The van der Waals surface area contributed by atoms with E-state index in [0.29, 0.717) is 23.4 Å². The molecule has 5 heteroatoms. The molecule has 0 saturated heterocycles. The minimum Gasteiger partial charge on any atom is -0.495 e. The summed E-state index contributed by atoms with van der Waals surface area (Å²) in [6.07, 6.45) is 4.00. The quantitative estimate of drug-likeness (QED) is 0.781. The minimum absolute atomic E-state index is 0.0808. The number of ether oxygens (including phenoxy) is 1. The van der Waals surface area contributed by atoms with Crippen molar-refractivity contribution in [3.05, 3.63) is 47.3 Å². The zero-order valence-corrected chi connectivity index (χ0v) is 11.6. The maximum atomic E-state index is 12.1. The molecule has 0 aliphatic heterocycles. The summed E-state index contributed by atoms with van der Waals surface area (Å²) in [6.45, 7) is 1.95. The predicted octanol–water partition coefficient (Wildman–Crippen LogP) is 2.12. The fourth-order valence-electron chi connectivity index (χ4n) is 2.00. The molecule has 1 heterocycles. The second-order valence-electron chi connectivity index (χ2n) is 4.51. The summed E-state index contributed by atoms with van der Waals surface area (Å²) in [5.41, 5.74) is 3.06. The number of aromatic nitrogens is 1. The fourth-order valence-corrected chi connectivity index (χ4v) is 2.00. The number of carbonyl (C=O) groups is 1. The smallest absolute Gasteiger partial charge is 0.257 e. The van der Waals surface area contributed by atoms with E-state index >= 15 is 0 Å². The van der Waals surface area contributed by atoms with E-state index in [2.05, 4.69) is 10.3 Å². The van der Waals surface area contributed by atoms with Gasteiger partial charge < -0.3 is 20.1 Å². The lowest BCUT2D eigenvalue weighted by Crippen LogP contribution is -2.13. The van der Waals surface area contributed by atoms with E-state index in [1.54, 1.807) is 25.6 Å². The van der Waals surface area contributed by atoms with E-state index in [9.17, 15) is 4.79 Å². The third kappa shape index (κ3) is 3.00. The fraction of sp³-hybridized carbons (Fsp3) is 0.267. The van der Waals surface area contributed by atoms with Gasteiger partial charge in [0.05, 0.1) is 18.4 Å². The lowest BCUT2D eigenvalue weighted by atomic mass is 10.1. The van der Waals surface area contributed by atoms with Crippen molar-refractivity contribution in [2.45, 2.75) is 13.3 Å². The number of rotatable bonds is 5. The summed E-state index contributed by atoms with van der Waals surface area (Å²) in [6, 6.07) is 5.46. The normalized spacial score (nSPS) is 10.3. The van der Waals surface area contributed by atoms with E-state index in [1.165, 1.54) is 0 Å². The number of aliphatic hydroxyl groups excluding tert-OH is 1. The summed E-state index contributed by atoms with van der Waals surface area (Å²) in [5, 5.41) is 11.8. The summed E-state index contributed by atoms with van der Waals surface area (Å²) in [7, 11) is 1.55. The Bertz CT molecular complexity index is 605. The van der Waals surface area contributed by atoms with Crippen molar-refractivity contribution >= 4 is 11.6 Å². The number of aromatic amines is 1. The highest BCUT2D eigenvalue weighted by molar-refractivity contribution is 6.05. The Morgan fingerprint density at radius 3 is 2.80 bits per heavy atom. The molecule has 20 heavy (non-hydrogen) atoms. The molecule has 5 nitrogen and oxygen atoms in total. The van der Waals surface area contributed by atoms with Crippen LogP contribution in [0.25, 0.3) is 0 Å². The summed E-state index contributed by atoms with van der Waals surface area (Å²) in [4.78, 5) is 15.0. The number of H-pyrrole nitrogens is 1. The van der Waals surface area contributed by atoms with Crippen molar-refractivity contribution in [3.8, 4) is 5.75 Å². The average Bonchev–Trinajstić information content (AvgIpc) is 2.87. The predicted molar refractivity (Wildman–Crippen MR) is 77.3 cm³/mol. The van der Waals surface area contributed by atoms with Gasteiger partial charge in [0.2, 0.25) is 0 Å². The molecular weight excluding hydrogens is 256 g/mol. The van der Waals surface area contributed by atoms with E-state index in [4.69, 9.17) is 9.84 Å². The van der Waals surface area contributed by atoms with Crippen molar-refractivity contribution in [1.82, 2.24) is 4.98 Å². The van der Waals surface area contributed by atoms with Crippen LogP contribution in [-0.4, -0.2) is 29.7 Å². The molecular formula is C15H18N2O3. The molecule has 106 valence electrons. The number of hydrogen-bond acceptors (Lipinski definition) is 3. The van der Waals surface area contributed by atoms with Crippen LogP contribution in [0.1, 0.15) is 21.5 Å². The SMILES string of the molecule is COc1cc(CCO)ccc1NC(=O)c1c[nH]cc1C. The number of benzene rings is 1. The molecule has 0 aliphatic rings. The molecule has 0 spiro atoms. The van der Waals surface area contributed by atoms with Crippen molar-refractivity contribution in [2.75, 3.05) is 19.0 Å². The second-order valence-corrected chi connectivity index (χ2v) is 4.51. The number of nitrogens with one attached hydrogen (secondary N) is 2. The standard InChI is InChI=1S/C15H18N2O3/c1-10-8-16-9-12(10)15(19)17-13-4-3-11(5-6-18)7-14(13)20-2/h3-4,7-9,16,18H,5-6H2,1-2H3,(H,17,19). The molecule has 1 aromatic carbocycles. The first-order valence-corrected chi connectivity index (χ1v) is 6.38. The molecule has 0 radical (unpaired) electrons. The minimum atomic E-state index is -0.183. The topological polar surface area (TPSA) is 74.3 Å². The summed E-state index contributed by atoms with van der Waals surface area (Å²) >= 11 is 0. The maximum Gasteiger partial charge on any atom is 0.257 e. The number of methoxy groups -OCH3 is 1. The molecule has 0 unspecified atom stereocenters. The highest BCUT2D eigenvalue weighted by Crippen LogP contribution is 2.26. The Morgan fingerprint density at radius 1 is 1.40 bits per heavy atom. The number of aliphatic hydroxyl groups is 1. The van der Waals surface area contributed by atoms with Gasteiger partial charge in [0.15, 0.2) is 0 Å². The Morgan fingerprint density at radius 2 is 2.20 bits per heavy atom. The van der Waals surface area contributed by atoms with Gasteiger partial charge in [-0.1, -0.05) is 6.07 Å². The Kier molecular flexibility index (Phi) is 4.42. The Labute approximate surface area is 117 Å². The molecule has 1 amide bonds. The lowest BCUT2D eigenvalue weighted by molar-refractivity contribution is 0.102. The monoisotopic (exact) mass is 274 g/mol. The van der Waals surface area contributed by atoms with Crippen molar-refractivity contribution < 1.29 is 14.6 Å². The summed E-state index contributed by atoms with van der Waals surface area (Å²) in [5.74, 6) is 0.398. The first kappa shape index (κ1) is 14.1. The van der Waals surface area contributed by atoms with Crippen LogP contribution in [0.2, 0.25) is 0 Å². The van der Waals surface area contributed by atoms with E-state index in [-0.39, 0.29) is 12.5 Å². The van der Waals surface area contributed by atoms with Crippen LogP contribution in [-0.2, 0) is 6.42 Å². The molecule has 0 bridgehead atoms. The third-order valence-corrected chi connectivity index (χ3v) is 3.11. The Hall–Kier alpha value is -2.27. The van der Waals surface area contributed by atoms with Crippen LogP contribution in [0.3, 0.4) is 0 Å². The number of amides is 1. The molecule has 1 aromatic heterocycles. The van der Waals surface area contributed by atoms with Gasteiger partial charge in [-0.25, -0.2) is 0 Å². The molecule has 0 atom stereocenters. The number of anilines is 1. The highest BCUT2D eigenvalue weighted by Gasteiger charge is 2.12. The number of carbonyl (C=O) groups excluding carboxylic acids is 1. The molecule has 3 N–H and O–H groups in total. The molecule has 0 fully saturated rings. The van der Waals surface area contributed by atoms with Gasteiger partial charge in [0.1, 0.15) is 5.75 Å². The maximum absolute atomic E-state index is 12.1. The molecule has 0 saturated carbocycles. The zero-order valence-electron chi connectivity index (χ0n) is 11.6. The van der Waals surface area contributed by atoms with Crippen LogP contribution in [0.5, 0.6) is 5.75 Å². The average molecular weight is 274 g/mol. The summed E-state index contributed by atoms with van der Waals surface area (Å²) < 4.78 is 5.28. The van der Waals surface area contributed by atoms with Crippen LogP contribution < -0.4 is 10.1 Å². The van der Waals surface area contributed by atoms with Crippen LogP contribution in [0, 0.1) is 6.92 Å². The van der Waals surface area contributed by atoms with Crippen molar-refractivity contribution in [2.24, 2.45) is 0 Å². The highest BCUT2D eigenvalue weighted by atomic mass is 16.5. The third-order valence-electron chi connectivity index (χ3n) is 3.11. The van der Waals surface area contributed by atoms with E-state index in [1.807, 2.05) is 19.1 Å². The lowest BCUT2D eigenvalue weighted by Gasteiger charge is -2.11. The number of hydrogen-bond donors (Lipinski definition) is 3. The zero-order chi connectivity index (χ0) is 14.5. The van der Waals surface area contributed by atoms with Gasteiger partial charge in [0, 0.05) is 19.0 Å². The number of aryl methyl sites for hydroxylation is 1. The van der Waals surface area contributed by atoms with Crippen molar-refractivity contribution in [1.29, 1.82) is 0 Å². The van der Waals surface area contributed by atoms with Gasteiger partial charge in [-0.05, 0) is 36.6 Å². The van der Waals surface area contributed by atoms with E-state index in [0.717, 1.165) is 11.1 Å². The van der Waals surface area contributed by atoms with Gasteiger partial charge >= 0.3 is 0 Å². The van der Waals surface area contributed by atoms with Crippen molar-refractivity contribution in [3.63, 3.8) is 0 Å². The van der Waals surface area contributed by atoms with Gasteiger partial charge in [-0.15, -0.1) is 0 Å². The first-order chi connectivity index (χ1) is 9.65. The Balaban J connectivity index is 2.21. The van der Waals surface area contributed by atoms with Gasteiger partial charge in [-0.3, -0.25) is 4.79 Å². The molecule has 2 aromatic rings. The first-order valence-electron chi connectivity index (χ1n) is 6.38. The second kappa shape index (κ2) is 6.25. The van der Waals surface area contributed by atoms with E-state index < -0.39 is 0 Å². The van der Waals surface area contributed by atoms with Crippen LogP contribution in [0.15, 0.2) is 30.6 Å². The molecule has 0 aliphatic carbocycles. The van der Waals surface area contributed by atoms with Crippen LogP contribution >= 0.6 is 0 Å².